The molecule has 1 saturated carbocycles. The predicted molar refractivity (Wildman–Crippen MR) is 75.3 cm³/mol. The van der Waals surface area contributed by atoms with Crippen molar-refractivity contribution < 1.29 is 18.3 Å². The molecule has 1 aromatic carbocycles. The monoisotopic (exact) mass is 317 g/mol. The van der Waals surface area contributed by atoms with Gasteiger partial charge in [0.25, 0.3) is 0 Å². The average molecular weight is 318 g/mol. The summed E-state index contributed by atoms with van der Waals surface area (Å²) in [5.74, 6) is -1.34. The highest BCUT2D eigenvalue weighted by Crippen LogP contribution is 2.28. The van der Waals surface area contributed by atoms with Crippen LogP contribution in [-0.2, 0) is 14.8 Å². The first kappa shape index (κ1) is 15.3. The topological polar surface area (TPSA) is 83.5 Å². The molecule has 1 aliphatic carbocycles. The zero-order valence-corrected chi connectivity index (χ0v) is 12.5. The summed E-state index contributed by atoms with van der Waals surface area (Å²) in [6.45, 7) is 1.69. The lowest BCUT2D eigenvalue weighted by Gasteiger charge is -2.14. The summed E-state index contributed by atoms with van der Waals surface area (Å²) >= 11 is 5.83. The molecule has 0 heterocycles. The number of carbonyl (C=O) groups is 1. The molecule has 1 fully saturated rings. The fourth-order valence-corrected chi connectivity index (χ4v) is 4.25. The summed E-state index contributed by atoms with van der Waals surface area (Å²) in [5.41, 5.74) is 0.606. The second-order valence-electron chi connectivity index (χ2n) is 5.08. The van der Waals surface area contributed by atoms with Crippen LogP contribution in [0, 0.1) is 12.8 Å². The van der Waals surface area contributed by atoms with Crippen LogP contribution in [0.1, 0.15) is 24.8 Å². The molecule has 0 aromatic heterocycles. The summed E-state index contributed by atoms with van der Waals surface area (Å²) in [7, 11) is -3.67. The van der Waals surface area contributed by atoms with Crippen molar-refractivity contribution >= 4 is 27.6 Å². The van der Waals surface area contributed by atoms with Gasteiger partial charge in [-0.1, -0.05) is 17.7 Å². The molecule has 2 rings (SSSR count). The van der Waals surface area contributed by atoms with Gasteiger partial charge in [-0.3, -0.25) is 4.79 Å². The van der Waals surface area contributed by atoms with Crippen molar-refractivity contribution in [2.75, 3.05) is 0 Å². The molecule has 0 amide bonds. The first-order valence-corrected chi connectivity index (χ1v) is 8.17. The first-order valence-electron chi connectivity index (χ1n) is 6.31. The van der Waals surface area contributed by atoms with E-state index in [2.05, 4.69) is 4.72 Å². The molecular weight excluding hydrogens is 302 g/mol. The van der Waals surface area contributed by atoms with Gasteiger partial charge in [-0.25, -0.2) is 13.1 Å². The Hall–Kier alpha value is -1.11. The maximum Gasteiger partial charge on any atom is 0.306 e. The Morgan fingerprint density at radius 1 is 1.40 bits per heavy atom. The van der Waals surface area contributed by atoms with Crippen molar-refractivity contribution in [1.29, 1.82) is 0 Å². The third kappa shape index (κ3) is 3.31. The molecule has 1 aliphatic rings. The number of sulfonamides is 1. The molecule has 0 unspecified atom stereocenters. The Morgan fingerprint density at radius 2 is 2.10 bits per heavy atom. The lowest BCUT2D eigenvalue weighted by Crippen LogP contribution is -2.33. The standard InChI is InChI=1S/C13H16ClNO4S/c1-8-2-4-10(14)7-12(8)20(18,19)15-11-5-3-9(6-11)13(16)17/h2,4,7,9,11,15H,3,5-6H2,1H3,(H,16,17)/t9-,11+/m0/s1. The van der Waals surface area contributed by atoms with E-state index in [1.807, 2.05) is 0 Å². The number of rotatable bonds is 4. The Balaban J connectivity index is 2.16. The smallest absolute Gasteiger partial charge is 0.306 e. The summed E-state index contributed by atoms with van der Waals surface area (Å²) < 4.78 is 27.2. The Kier molecular flexibility index (Phi) is 4.36. The Morgan fingerprint density at radius 3 is 2.70 bits per heavy atom. The molecule has 0 spiro atoms. The largest absolute Gasteiger partial charge is 0.481 e. The quantitative estimate of drug-likeness (QED) is 0.891. The highest BCUT2D eigenvalue weighted by molar-refractivity contribution is 7.89. The maximum absolute atomic E-state index is 12.3. The zero-order valence-electron chi connectivity index (χ0n) is 11.0. The Bertz CT molecular complexity index is 629. The van der Waals surface area contributed by atoms with Gasteiger partial charge in [0.15, 0.2) is 0 Å². The third-order valence-electron chi connectivity index (χ3n) is 3.54. The summed E-state index contributed by atoms with van der Waals surface area (Å²) in [5, 5.41) is 9.28. The molecule has 0 bridgehead atoms. The normalized spacial score (nSPS) is 22.9. The Labute approximate surface area is 123 Å². The molecule has 7 heteroatoms. The van der Waals surface area contributed by atoms with E-state index in [-0.39, 0.29) is 10.9 Å². The van der Waals surface area contributed by atoms with Crippen molar-refractivity contribution in [3.05, 3.63) is 28.8 Å². The van der Waals surface area contributed by atoms with Crippen LogP contribution in [-0.4, -0.2) is 25.5 Å². The van der Waals surface area contributed by atoms with Crippen LogP contribution in [0.4, 0.5) is 0 Å². The number of carboxylic acid groups (broad SMARTS) is 1. The SMILES string of the molecule is Cc1ccc(Cl)cc1S(=O)(=O)N[C@@H]1CC[C@H](C(=O)O)C1. The molecule has 20 heavy (non-hydrogen) atoms. The van der Waals surface area contributed by atoms with Crippen LogP contribution in [0.15, 0.2) is 23.1 Å². The summed E-state index contributed by atoms with van der Waals surface area (Å²) in [6, 6.07) is 4.35. The van der Waals surface area contributed by atoms with Crippen LogP contribution >= 0.6 is 11.6 Å². The minimum atomic E-state index is -3.67. The van der Waals surface area contributed by atoms with Crippen molar-refractivity contribution in [2.24, 2.45) is 5.92 Å². The van der Waals surface area contributed by atoms with E-state index >= 15 is 0 Å². The van der Waals surface area contributed by atoms with E-state index in [1.165, 1.54) is 6.07 Å². The minimum Gasteiger partial charge on any atom is -0.481 e. The van der Waals surface area contributed by atoms with Crippen LogP contribution in [0.3, 0.4) is 0 Å². The number of carboxylic acids is 1. The molecule has 2 N–H and O–H groups in total. The molecule has 5 nitrogen and oxygen atoms in total. The third-order valence-corrected chi connectivity index (χ3v) is 5.44. The first-order chi connectivity index (χ1) is 9.29. The van der Waals surface area contributed by atoms with Crippen LogP contribution < -0.4 is 4.72 Å². The molecule has 0 radical (unpaired) electrons. The van der Waals surface area contributed by atoms with Crippen LogP contribution in [0.25, 0.3) is 0 Å². The molecule has 2 atom stereocenters. The van der Waals surface area contributed by atoms with E-state index < -0.39 is 21.9 Å². The van der Waals surface area contributed by atoms with E-state index in [4.69, 9.17) is 16.7 Å². The fourth-order valence-electron chi connectivity index (χ4n) is 2.46. The van der Waals surface area contributed by atoms with E-state index in [9.17, 15) is 13.2 Å². The lowest BCUT2D eigenvalue weighted by atomic mass is 10.1. The summed E-state index contributed by atoms with van der Waals surface area (Å²) in [6.07, 6.45) is 1.36. The summed E-state index contributed by atoms with van der Waals surface area (Å²) in [4.78, 5) is 11.0. The number of nitrogens with one attached hydrogen (secondary N) is 1. The van der Waals surface area contributed by atoms with Gasteiger partial charge in [-0.15, -0.1) is 0 Å². The van der Waals surface area contributed by atoms with Gasteiger partial charge >= 0.3 is 5.97 Å². The molecular formula is C13H16ClNO4S. The number of aryl methyl sites for hydroxylation is 1. The van der Waals surface area contributed by atoms with Gasteiger partial charge in [0.05, 0.1) is 10.8 Å². The highest BCUT2D eigenvalue weighted by Gasteiger charge is 2.32. The van der Waals surface area contributed by atoms with E-state index in [1.54, 1.807) is 19.1 Å². The second kappa shape index (κ2) is 5.71. The van der Waals surface area contributed by atoms with E-state index in [0.717, 1.165) is 0 Å². The van der Waals surface area contributed by atoms with E-state index in [0.29, 0.717) is 29.8 Å². The minimum absolute atomic E-state index is 0.142. The van der Waals surface area contributed by atoms with Gasteiger partial charge in [-0.05, 0) is 43.9 Å². The predicted octanol–water partition coefficient (Wildman–Crippen LogP) is 2.18. The molecule has 1 aromatic rings. The van der Waals surface area contributed by atoms with Gasteiger partial charge in [0.1, 0.15) is 0 Å². The van der Waals surface area contributed by atoms with Crippen molar-refractivity contribution in [3.63, 3.8) is 0 Å². The fraction of sp³-hybridized carbons (Fsp3) is 0.462. The molecule has 0 aliphatic heterocycles. The highest BCUT2D eigenvalue weighted by atomic mass is 35.5. The number of hydrogen-bond acceptors (Lipinski definition) is 3. The van der Waals surface area contributed by atoms with Gasteiger partial charge in [0.2, 0.25) is 10.0 Å². The molecule has 0 saturated heterocycles. The van der Waals surface area contributed by atoms with Crippen molar-refractivity contribution in [3.8, 4) is 0 Å². The maximum atomic E-state index is 12.3. The number of hydrogen-bond donors (Lipinski definition) is 2. The lowest BCUT2D eigenvalue weighted by molar-refractivity contribution is -0.141. The average Bonchev–Trinajstić information content (AvgIpc) is 2.80. The van der Waals surface area contributed by atoms with Crippen LogP contribution in [0.5, 0.6) is 0 Å². The molecule has 110 valence electrons. The number of halogens is 1. The number of aliphatic carboxylic acids is 1. The van der Waals surface area contributed by atoms with Crippen LogP contribution in [0.2, 0.25) is 5.02 Å². The van der Waals surface area contributed by atoms with Gasteiger partial charge in [0, 0.05) is 11.1 Å². The zero-order chi connectivity index (χ0) is 14.9. The van der Waals surface area contributed by atoms with Crippen molar-refractivity contribution in [2.45, 2.75) is 37.1 Å². The van der Waals surface area contributed by atoms with Gasteiger partial charge < -0.3 is 5.11 Å². The second-order valence-corrected chi connectivity index (χ2v) is 7.20. The van der Waals surface area contributed by atoms with Gasteiger partial charge in [-0.2, -0.15) is 0 Å². The number of benzene rings is 1. The van der Waals surface area contributed by atoms with Crippen molar-refractivity contribution in [1.82, 2.24) is 4.72 Å².